The van der Waals surface area contributed by atoms with E-state index in [-0.39, 0.29) is 11.9 Å². The predicted molar refractivity (Wildman–Crippen MR) is 117 cm³/mol. The second kappa shape index (κ2) is 9.63. The Kier molecular flexibility index (Phi) is 6.92. The summed E-state index contributed by atoms with van der Waals surface area (Å²) in [5.41, 5.74) is 2.21. The number of hydrogen-bond acceptors (Lipinski definition) is 6. The van der Waals surface area contributed by atoms with E-state index in [4.69, 9.17) is 0 Å². The number of pyridine rings is 1. The Bertz CT molecular complexity index is 1100. The van der Waals surface area contributed by atoms with Crippen molar-refractivity contribution in [3.05, 3.63) is 60.0 Å². The molecule has 0 fully saturated rings. The minimum Gasteiger partial charge on any atom is -0.358 e. The zero-order valence-electron chi connectivity index (χ0n) is 17.9. The number of aryl methyl sites for hydroxylation is 1. The van der Waals surface area contributed by atoms with Gasteiger partial charge in [0.1, 0.15) is 11.5 Å². The molecule has 168 valence electrons. The lowest BCUT2D eigenvalue weighted by Crippen LogP contribution is -2.31. The van der Waals surface area contributed by atoms with Gasteiger partial charge in [0.05, 0.1) is 0 Å². The van der Waals surface area contributed by atoms with E-state index >= 15 is 0 Å². The molecule has 0 saturated heterocycles. The van der Waals surface area contributed by atoms with Crippen LogP contribution in [0.5, 0.6) is 0 Å². The van der Waals surface area contributed by atoms with Gasteiger partial charge >= 0.3 is 6.18 Å². The van der Waals surface area contributed by atoms with Crippen molar-refractivity contribution in [2.45, 2.75) is 20.0 Å². The molecule has 2 heterocycles. The Morgan fingerprint density at radius 3 is 2.53 bits per heavy atom. The van der Waals surface area contributed by atoms with Crippen LogP contribution in [-0.4, -0.2) is 41.0 Å². The van der Waals surface area contributed by atoms with Crippen LogP contribution in [0.1, 0.15) is 18.2 Å². The summed E-state index contributed by atoms with van der Waals surface area (Å²) in [5.74, 6) is 0.499. The smallest absolute Gasteiger partial charge is 0.358 e. The van der Waals surface area contributed by atoms with Crippen LogP contribution in [0.3, 0.4) is 0 Å². The molecule has 2 N–H and O–H groups in total. The largest absolute Gasteiger partial charge is 0.433 e. The molecular weight excluding hydrogens is 421 g/mol. The van der Waals surface area contributed by atoms with Crippen molar-refractivity contribution in [2.24, 2.45) is 0 Å². The maximum atomic E-state index is 12.9. The second-order valence-electron chi connectivity index (χ2n) is 7.28. The molecule has 3 aromatic rings. The van der Waals surface area contributed by atoms with Crippen LogP contribution in [0, 0.1) is 6.92 Å². The molecule has 0 atom stereocenters. The van der Waals surface area contributed by atoms with Gasteiger partial charge in [-0.2, -0.15) is 13.2 Å². The van der Waals surface area contributed by atoms with E-state index in [1.165, 1.54) is 6.92 Å². The first-order valence-electron chi connectivity index (χ1n) is 9.83. The van der Waals surface area contributed by atoms with Crippen molar-refractivity contribution in [1.82, 2.24) is 20.3 Å². The van der Waals surface area contributed by atoms with Gasteiger partial charge in [0, 0.05) is 45.1 Å². The van der Waals surface area contributed by atoms with Crippen molar-refractivity contribution in [3.8, 4) is 11.1 Å². The molecule has 0 radical (unpaired) electrons. The van der Waals surface area contributed by atoms with Crippen LogP contribution < -0.4 is 15.5 Å². The number of hydrogen-bond donors (Lipinski definition) is 2. The van der Waals surface area contributed by atoms with Gasteiger partial charge in [0.2, 0.25) is 11.9 Å². The lowest BCUT2D eigenvalue weighted by Gasteiger charge is -2.19. The van der Waals surface area contributed by atoms with Gasteiger partial charge in [-0.1, -0.05) is 6.07 Å². The third kappa shape index (κ3) is 6.16. The number of nitrogens with one attached hydrogen (secondary N) is 2. The van der Waals surface area contributed by atoms with Crippen LogP contribution in [0.25, 0.3) is 11.1 Å². The summed E-state index contributed by atoms with van der Waals surface area (Å²) in [6, 6.07) is 10.2. The number of amides is 1. The van der Waals surface area contributed by atoms with Crippen LogP contribution >= 0.6 is 0 Å². The average molecular weight is 444 g/mol. The SMILES string of the molecule is CC(=O)NCCN(C)c1cc(-c2cc(C)cc(Nc3nccc(C(F)(F)F)n3)c2)ccn1. The van der Waals surface area contributed by atoms with Crippen LogP contribution in [-0.2, 0) is 11.0 Å². The summed E-state index contributed by atoms with van der Waals surface area (Å²) < 4.78 is 38.8. The maximum absolute atomic E-state index is 12.9. The van der Waals surface area contributed by atoms with E-state index in [9.17, 15) is 18.0 Å². The number of carbonyl (C=O) groups excluding carboxylic acids is 1. The number of aromatic nitrogens is 3. The number of likely N-dealkylation sites (N-methyl/N-ethyl adjacent to an activating group) is 1. The van der Waals surface area contributed by atoms with Gasteiger partial charge in [0.15, 0.2) is 0 Å². The molecule has 10 heteroatoms. The lowest BCUT2D eigenvalue weighted by atomic mass is 10.0. The molecular formula is C22H23F3N6O. The highest BCUT2D eigenvalue weighted by Crippen LogP contribution is 2.30. The van der Waals surface area contributed by atoms with Crippen molar-refractivity contribution < 1.29 is 18.0 Å². The zero-order chi connectivity index (χ0) is 23.3. The Hall–Kier alpha value is -3.69. The highest BCUT2D eigenvalue weighted by atomic mass is 19.4. The highest BCUT2D eigenvalue weighted by molar-refractivity contribution is 5.73. The number of nitrogens with zero attached hydrogens (tertiary/aromatic N) is 4. The molecule has 0 aliphatic heterocycles. The number of alkyl halides is 3. The summed E-state index contributed by atoms with van der Waals surface area (Å²) in [7, 11) is 1.88. The molecule has 7 nitrogen and oxygen atoms in total. The van der Waals surface area contributed by atoms with Gasteiger partial charge in [-0.3, -0.25) is 4.79 Å². The molecule has 0 unspecified atom stereocenters. The Morgan fingerprint density at radius 2 is 1.81 bits per heavy atom. The molecule has 0 aliphatic rings. The summed E-state index contributed by atoms with van der Waals surface area (Å²) in [4.78, 5) is 24.8. The fourth-order valence-corrected chi connectivity index (χ4v) is 3.05. The number of carbonyl (C=O) groups is 1. The maximum Gasteiger partial charge on any atom is 0.433 e. The van der Waals surface area contributed by atoms with Crippen LogP contribution in [0.15, 0.2) is 48.8 Å². The minimum atomic E-state index is -4.55. The molecule has 1 aromatic carbocycles. The molecule has 1 amide bonds. The Labute approximate surface area is 183 Å². The fraction of sp³-hybridized carbons (Fsp3) is 0.273. The molecule has 2 aromatic heterocycles. The second-order valence-corrected chi connectivity index (χ2v) is 7.28. The molecule has 0 bridgehead atoms. The summed E-state index contributed by atoms with van der Waals surface area (Å²) >= 11 is 0. The topological polar surface area (TPSA) is 83.0 Å². The minimum absolute atomic E-state index is 0.0929. The van der Waals surface area contributed by atoms with Gasteiger partial charge in [-0.15, -0.1) is 0 Å². The quantitative estimate of drug-likeness (QED) is 0.569. The number of rotatable bonds is 7. The third-order valence-electron chi connectivity index (χ3n) is 4.57. The number of halogens is 3. The fourth-order valence-electron chi connectivity index (χ4n) is 3.05. The van der Waals surface area contributed by atoms with E-state index in [0.717, 1.165) is 34.8 Å². The standard InChI is InChI=1S/C22H23F3N6O/c1-14-10-17(16-4-6-27-20(13-16)31(3)9-8-26-15(2)32)12-18(11-14)29-21-28-7-5-19(30-21)22(23,24)25/h4-7,10-13H,8-9H2,1-3H3,(H,26,32)(H,28,29,30). The van der Waals surface area contributed by atoms with E-state index in [2.05, 4.69) is 25.6 Å². The van der Waals surface area contributed by atoms with Gasteiger partial charge < -0.3 is 15.5 Å². The summed E-state index contributed by atoms with van der Waals surface area (Å²) in [6.45, 7) is 4.44. The van der Waals surface area contributed by atoms with Crippen molar-refractivity contribution in [2.75, 3.05) is 30.4 Å². The molecule has 32 heavy (non-hydrogen) atoms. The van der Waals surface area contributed by atoms with E-state index in [1.807, 2.05) is 43.1 Å². The van der Waals surface area contributed by atoms with Gasteiger partial charge in [-0.25, -0.2) is 15.0 Å². The first-order valence-corrected chi connectivity index (χ1v) is 9.83. The molecule has 0 spiro atoms. The Morgan fingerprint density at radius 1 is 1.06 bits per heavy atom. The van der Waals surface area contributed by atoms with Crippen molar-refractivity contribution in [1.29, 1.82) is 0 Å². The van der Waals surface area contributed by atoms with Crippen LogP contribution in [0.4, 0.5) is 30.6 Å². The van der Waals surface area contributed by atoms with E-state index in [1.54, 1.807) is 12.3 Å². The third-order valence-corrected chi connectivity index (χ3v) is 4.57. The number of anilines is 3. The van der Waals surface area contributed by atoms with Crippen molar-refractivity contribution in [3.63, 3.8) is 0 Å². The van der Waals surface area contributed by atoms with Crippen molar-refractivity contribution >= 4 is 23.4 Å². The van der Waals surface area contributed by atoms with Crippen LogP contribution in [0.2, 0.25) is 0 Å². The summed E-state index contributed by atoms with van der Waals surface area (Å²) in [6.07, 6.45) is -1.79. The normalized spacial score (nSPS) is 11.2. The predicted octanol–water partition coefficient (Wildman–Crippen LogP) is 4.18. The van der Waals surface area contributed by atoms with E-state index < -0.39 is 11.9 Å². The number of benzene rings is 1. The first kappa shape index (κ1) is 23.0. The lowest BCUT2D eigenvalue weighted by molar-refractivity contribution is -0.141. The highest BCUT2D eigenvalue weighted by Gasteiger charge is 2.32. The summed E-state index contributed by atoms with van der Waals surface area (Å²) in [5, 5.41) is 5.60. The molecule has 0 aliphatic carbocycles. The van der Waals surface area contributed by atoms with Gasteiger partial charge in [0.25, 0.3) is 0 Å². The monoisotopic (exact) mass is 444 g/mol. The molecule has 3 rings (SSSR count). The Balaban J connectivity index is 1.82. The zero-order valence-corrected chi connectivity index (χ0v) is 17.9. The van der Waals surface area contributed by atoms with E-state index in [0.29, 0.717) is 18.8 Å². The first-order chi connectivity index (χ1) is 15.1. The average Bonchev–Trinajstić information content (AvgIpc) is 2.72. The molecule has 0 saturated carbocycles. The van der Waals surface area contributed by atoms with Gasteiger partial charge in [-0.05, 0) is 53.9 Å².